The molecule has 1 aliphatic rings. The van der Waals surface area contributed by atoms with Gasteiger partial charge in [0.25, 0.3) is 0 Å². The van der Waals surface area contributed by atoms with E-state index in [1.165, 1.54) is 49.3 Å². The molecule has 0 aliphatic heterocycles. The summed E-state index contributed by atoms with van der Waals surface area (Å²) in [5, 5.41) is 8.07. The molecule has 1 aliphatic carbocycles. The van der Waals surface area contributed by atoms with Crippen molar-refractivity contribution in [3.05, 3.63) is 205 Å². The Morgan fingerprint density at radius 3 is 1.88 bits per heavy atom. The van der Waals surface area contributed by atoms with E-state index in [4.69, 9.17) is 14.4 Å². The minimum absolute atomic E-state index is 0.296. The van der Waals surface area contributed by atoms with E-state index in [-0.39, 0.29) is 5.41 Å². The van der Waals surface area contributed by atoms with Crippen molar-refractivity contribution in [1.82, 2.24) is 19.1 Å². The zero-order chi connectivity index (χ0) is 42.3. The number of nitrogens with zero attached hydrogens (tertiary/aromatic N) is 4. The lowest BCUT2D eigenvalue weighted by Gasteiger charge is -2.23. The lowest BCUT2D eigenvalue weighted by atomic mass is 9.80. The van der Waals surface area contributed by atoms with Gasteiger partial charge < -0.3 is 8.98 Å². The standard InChI is InChI=1S/C59H38N4O/c1-59(2)45-26-11-6-20-41(45)50-53(59)51-43-22-8-14-29-48(43)63(56(51)52-44-23-9-13-28-47(44)62(55(50)52)37-17-4-3-5-18-37)58-60-46-27-12-7-21-42(46)54(61-58)36-33-31-35(32-34-36)38-24-16-25-40-39-19-10-15-30-49(39)64-57(38)40/h3-34H,1-2H3. The van der Waals surface area contributed by atoms with Gasteiger partial charge in [-0.3, -0.25) is 4.57 Å². The molecule has 13 aromatic rings. The molecule has 5 nitrogen and oxygen atoms in total. The van der Waals surface area contributed by atoms with Gasteiger partial charge in [0.15, 0.2) is 0 Å². The van der Waals surface area contributed by atoms with Gasteiger partial charge >= 0.3 is 0 Å². The maximum absolute atomic E-state index is 6.46. The highest BCUT2D eigenvalue weighted by Crippen LogP contribution is 2.58. The molecule has 14 rings (SSSR count). The van der Waals surface area contributed by atoms with Crippen molar-refractivity contribution in [2.45, 2.75) is 19.3 Å². The summed E-state index contributed by atoms with van der Waals surface area (Å²) in [5.41, 5.74) is 17.4. The maximum atomic E-state index is 6.46. The van der Waals surface area contributed by atoms with Gasteiger partial charge in [-0.2, -0.15) is 0 Å². The summed E-state index contributed by atoms with van der Waals surface area (Å²) in [6, 6.07) is 69.4. The van der Waals surface area contributed by atoms with Crippen molar-refractivity contribution >= 4 is 76.5 Å². The van der Waals surface area contributed by atoms with Crippen molar-refractivity contribution in [3.63, 3.8) is 0 Å². The topological polar surface area (TPSA) is 48.8 Å². The lowest BCUT2D eigenvalue weighted by molar-refractivity contribution is 0.667. The van der Waals surface area contributed by atoms with E-state index in [9.17, 15) is 0 Å². The highest BCUT2D eigenvalue weighted by Gasteiger charge is 2.41. The number of hydrogen-bond acceptors (Lipinski definition) is 3. The fourth-order valence-corrected chi connectivity index (χ4v) is 11.2. The van der Waals surface area contributed by atoms with Gasteiger partial charge in [-0.1, -0.05) is 172 Å². The predicted molar refractivity (Wildman–Crippen MR) is 264 cm³/mol. The summed E-state index contributed by atoms with van der Waals surface area (Å²) in [5.74, 6) is 0.641. The molecule has 64 heavy (non-hydrogen) atoms. The van der Waals surface area contributed by atoms with Crippen LogP contribution in [-0.2, 0) is 5.41 Å². The third kappa shape index (κ3) is 4.67. The Kier molecular flexibility index (Phi) is 7.11. The molecule has 0 saturated carbocycles. The van der Waals surface area contributed by atoms with E-state index in [1.54, 1.807) is 0 Å². The molecule has 0 spiro atoms. The summed E-state index contributed by atoms with van der Waals surface area (Å²) >= 11 is 0. The molecule has 4 heterocycles. The van der Waals surface area contributed by atoms with Crippen molar-refractivity contribution in [2.75, 3.05) is 0 Å². The molecular weight excluding hydrogens is 781 g/mol. The Hall–Kier alpha value is -8.28. The SMILES string of the molecule is CC1(C)c2ccccc2-c2c1c1c3ccccc3n(-c3nc(-c4ccc(-c5cccc6c5oc5ccccc56)cc4)c4ccccc4n3)c1c1c3ccccc3n(-c3ccccc3)c21. The average Bonchev–Trinajstić information content (AvgIpc) is 4.07. The summed E-state index contributed by atoms with van der Waals surface area (Å²) in [7, 11) is 0. The number of aromatic nitrogens is 4. The van der Waals surface area contributed by atoms with Crippen molar-refractivity contribution in [2.24, 2.45) is 0 Å². The summed E-state index contributed by atoms with van der Waals surface area (Å²) in [6.45, 7) is 4.79. The third-order valence-corrected chi connectivity index (χ3v) is 13.9. The van der Waals surface area contributed by atoms with Crippen LogP contribution in [-0.4, -0.2) is 19.1 Å². The first-order valence-electron chi connectivity index (χ1n) is 22.0. The van der Waals surface area contributed by atoms with Crippen molar-refractivity contribution in [1.29, 1.82) is 0 Å². The van der Waals surface area contributed by atoms with Crippen molar-refractivity contribution in [3.8, 4) is 45.1 Å². The average molecular weight is 819 g/mol. The normalized spacial score (nSPS) is 13.3. The van der Waals surface area contributed by atoms with E-state index >= 15 is 0 Å². The van der Waals surface area contributed by atoms with Crippen LogP contribution in [0, 0.1) is 0 Å². The molecule has 0 unspecified atom stereocenters. The molecule has 0 radical (unpaired) electrons. The number of rotatable bonds is 4. The largest absolute Gasteiger partial charge is 0.455 e. The third-order valence-electron chi connectivity index (χ3n) is 13.9. The smallest absolute Gasteiger partial charge is 0.235 e. The Bertz CT molecular complexity index is 4090. The van der Waals surface area contributed by atoms with Crippen LogP contribution in [0.5, 0.6) is 0 Å². The Balaban J connectivity index is 1.09. The Morgan fingerprint density at radius 2 is 1.06 bits per heavy atom. The quantitative estimate of drug-likeness (QED) is 0.178. The molecule has 0 saturated heterocycles. The van der Waals surface area contributed by atoms with Crippen LogP contribution in [0.3, 0.4) is 0 Å². The molecule has 0 amide bonds. The molecule has 300 valence electrons. The molecule has 0 atom stereocenters. The number of benzene rings is 9. The van der Waals surface area contributed by atoms with Crippen LogP contribution in [0.1, 0.15) is 25.0 Å². The van der Waals surface area contributed by atoms with E-state index in [0.717, 1.165) is 77.5 Å². The molecule has 5 heteroatoms. The van der Waals surface area contributed by atoms with Crippen LogP contribution in [0.4, 0.5) is 0 Å². The van der Waals surface area contributed by atoms with Gasteiger partial charge in [-0.15, -0.1) is 0 Å². The second-order valence-electron chi connectivity index (χ2n) is 17.7. The van der Waals surface area contributed by atoms with Crippen LogP contribution >= 0.6 is 0 Å². The summed E-state index contributed by atoms with van der Waals surface area (Å²) < 4.78 is 11.3. The van der Waals surface area contributed by atoms with E-state index in [2.05, 4.69) is 205 Å². The van der Waals surface area contributed by atoms with Crippen LogP contribution in [0.15, 0.2) is 199 Å². The second kappa shape index (κ2) is 12.9. The van der Waals surface area contributed by atoms with Gasteiger partial charge in [-0.25, -0.2) is 9.97 Å². The monoisotopic (exact) mass is 818 g/mol. The van der Waals surface area contributed by atoms with Crippen LogP contribution in [0.2, 0.25) is 0 Å². The van der Waals surface area contributed by atoms with Crippen LogP contribution in [0.25, 0.3) is 122 Å². The minimum Gasteiger partial charge on any atom is -0.455 e. The molecule has 9 aromatic carbocycles. The second-order valence-corrected chi connectivity index (χ2v) is 17.7. The van der Waals surface area contributed by atoms with Gasteiger partial charge in [0, 0.05) is 65.5 Å². The van der Waals surface area contributed by atoms with Gasteiger partial charge in [0.2, 0.25) is 5.95 Å². The number of para-hydroxylation sites is 6. The molecule has 0 fully saturated rings. The highest BCUT2D eigenvalue weighted by molar-refractivity contribution is 6.31. The Labute approximate surface area is 368 Å². The van der Waals surface area contributed by atoms with Gasteiger partial charge in [0.05, 0.1) is 33.3 Å². The molecule has 4 aromatic heterocycles. The van der Waals surface area contributed by atoms with Gasteiger partial charge in [-0.05, 0) is 58.7 Å². The van der Waals surface area contributed by atoms with E-state index < -0.39 is 0 Å². The fourth-order valence-electron chi connectivity index (χ4n) is 11.2. The highest BCUT2D eigenvalue weighted by atomic mass is 16.3. The Morgan fingerprint density at radius 1 is 0.453 bits per heavy atom. The molecule has 0 N–H and O–H groups in total. The fraction of sp³-hybridized carbons (Fsp3) is 0.0508. The maximum Gasteiger partial charge on any atom is 0.235 e. The number of fused-ring (bicyclic) bond motifs is 16. The zero-order valence-corrected chi connectivity index (χ0v) is 35.2. The predicted octanol–water partition coefficient (Wildman–Crippen LogP) is 15.4. The first-order chi connectivity index (χ1) is 31.5. The number of furan rings is 1. The van der Waals surface area contributed by atoms with Crippen molar-refractivity contribution < 1.29 is 4.42 Å². The zero-order valence-electron chi connectivity index (χ0n) is 35.2. The summed E-state index contributed by atoms with van der Waals surface area (Å²) in [4.78, 5) is 11.1. The number of hydrogen-bond donors (Lipinski definition) is 0. The van der Waals surface area contributed by atoms with Crippen LogP contribution < -0.4 is 0 Å². The minimum atomic E-state index is -0.296. The first kappa shape index (κ1) is 35.3. The lowest BCUT2D eigenvalue weighted by Crippen LogP contribution is -2.15. The summed E-state index contributed by atoms with van der Waals surface area (Å²) in [6.07, 6.45) is 0. The van der Waals surface area contributed by atoms with E-state index in [1.807, 2.05) is 12.1 Å². The first-order valence-corrected chi connectivity index (χ1v) is 22.0. The van der Waals surface area contributed by atoms with Gasteiger partial charge in [0.1, 0.15) is 11.2 Å². The molecule has 0 bridgehead atoms. The van der Waals surface area contributed by atoms with E-state index in [0.29, 0.717) is 5.95 Å². The molecular formula is C59H38N4O.